The minimum atomic E-state index is -3.69. The van der Waals surface area contributed by atoms with Gasteiger partial charge in [0.05, 0.1) is 17.1 Å². The maximum absolute atomic E-state index is 13.8. The Morgan fingerprint density at radius 2 is 1.52 bits per heavy atom. The quantitative estimate of drug-likeness (QED) is 0.348. The van der Waals surface area contributed by atoms with Crippen molar-refractivity contribution < 1.29 is 22.7 Å². The molecule has 0 radical (unpaired) electrons. The van der Waals surface area contributed by atoms with Crippen LogP contribution in [-0.2, 0) is 26.0 Å². The first-order chi connectivity index (χ1) is 20.4. The standard InChI is InChI=1S/C33H33N3O5S/c37-32(34-19-16-24-8-2-1-3-9-24)31-23-36(29-12-6-7-13-30(29)41-31)33(38)26-17-20-35(21-18-26)42(39,40)28-15-14-25-10-4-5-11-27(25)22-28/h1-15,22,26,31H,16-21,23H2,(H,34,37). The maximum atomic E-state index is 13.8. The smallest absolute Gasteiger partial charge is 0.262 e. The van der Waals surface area contributed by atoms with Crippen LogP contribution in [0.3, 0.4) is 0 Å². The number of anilines is 1. The first-order valence-electron chi connectivity index (χ1n) is 14.3. The van der Waals surface area contributed by atoms with Gasteiger partial charge in [-0.1, -0.05) is 72.8 Å². The molecular weight excluding hydrogens is 550 g/mol. The van der Waals surface area contributed by atoms with Crippen molar-refractivity contribution in [3.05, 3.63) is 103 Å². The molecule has 2 aliphatic rings. The number of hydrogen-bond acceptors (Lipinski definition) is 5. The van der Waals surface area contributed by atoms with E-state index in [9.17, 15) is 18.0 Å². The molecule has 1 saturated heterocycles. The van der Waals surface area contributed by atoms with E-state index >= 15 is 0 Å². The summed E-state index contributed by atoms with van der Waals surface area (Å²) in [5.41, 5.74) is 1.75. The molecule has 0 bridgehead atoms. The highest BCUT2D eigenvalue weighted by Gasteiger charge is 2.39. The Morgan fingerprint density at radius 1 is 0.833 bits per heavy atom. The van der Waals surface area contributed by atoms with Gasteiger partial charge in [0.25, 0.3) is 5.91 Å². The number of benzene rings is 4. The van der Waals surface area contributed by atoms with Gasteiger partial charge in [0.2, 0.25) is 15.9 Å². The normalized spacial score (nSPS) is 17.8. The van der Waals surface area contributed by atoms with E-state index in [-0.39, 0.29) is 42.3 Å². The first kappa shape index (κ1) is 27.9. The first-order valence-corrected chi connectivity index (χ1v) is 15.7. The van der Waals surface area contributed by atoms with Gasteiger partial charge in [-0.05, 0) is 59.9 Å². The lowest BCUT2D eigenvalue weighted by atomic mass is 9.95. The summed E-state index contributed by atoms with van der Waals surface area (Å²) in [5, 5.41) is 4.79. The van der Waals surface area contributed by atoms with Crippen LogP contribution in [0.15, 0.2) is 102 Å². The number of nitrogens with zero attached hydrogens (tertiary/aromatic N) is 2. The molecule has 8 nitrogen and oxygen atoms in total. The van der Waals surface area contributed by atoms with E-state index in [2.05, 4.69) is 5.32 Å². The molecule has 4 aromatic rings. The fourth-order valence-electron chi connectivity index (χ4n) is 5.71. The highest BCUT2D eigenvalue weighted by atomic mass is 32.2. The number of piperidine rings is 1. The van der Waals surface area contributed by atoms with Gasteiger partial charge in [0.15, 0.2) is 6.10 Å². The van der Waals surface area contributed by atoms with Crippen molar-refractivity contribution in [3.63, 3.8) is 0 Å². The molecule has 1 N–H and O–H groups in total. The van der Waals surface area contributed by atoms with Crippen LogP contribution in [0.4, 0.5) is 5.69 Å². The Balaban J connectivity index is 1.11. The number of rotatable bonds is 7. The van der Waals surface area contributed by atoms with Gasteiger partial charge >= 0.3 is 0 Å². The van der Waals surface area contributed by atoms with E-state index in [1.165, 1.54) is 4.31 Å². The van der Waals surface area contributed by atoms with Crippen LogP contribution < -0.4 is 15.0 Å². The second kappa shape index (κ2) is 12.0. The summed E-state index contributed by atoms with van der Waals surface area (Å²) >= 11 is 0. The SMILES string of the molecule is O=C(NCCc1ccccc1)C1CN(C(=O)C2CCN(S(=O)(=O)c3ccc4ccccc4c3)CC2)c2ccccc2O1. The van der Waals surface area contributed by atoms with Crippen LogP contribution in [0.5, 0.6) is 5.75 Å². The predicted octanol–water partition coefficient (Wildman–Crippen LogP) is 4.39. The Morgan fingerprint density at radius 3 is 2.31 bits per heavy atom. The van der Waals surface area contributed by atoms with Crippen molar-refractivity contribution in [3.8, 4) is 5.75 Å². The number of fused-ring (bicyclic) bond motifs is 2. The number of hydrogen-bond donors (Lipinski definition) is 1. The lowest BCUT2D eigenvalue weighted by Gasteiger charge is -2.38. The van der Waals surface area contributed by atoms with E-state index in [4.69, 9.17) is 4.74 Å². The molecule has 42 heavy (non-hydrogen) atoms. The number of sulfonamides is 1. The Kier molecular flexibility index (Phi) is 7.95. The van der Waals surface area contributed by atoms with Crippen LogP contribution in [-0.4, -0.2) is 56.8 Å². The fraction of sp³-hybridized carbons (Fsp3) is 0.273. The van der Waals surface area contributed by atoms with Crippen LogP contribution in [0.1, 0.15) is 18.4 Å². The van der Waals surface area contributed by atoms with Gasteiger partial charge in [-0.2, -0.15) is 4.31 Å². The third-order valence-electron chi connectivity index (χ3n) is 8.05. The van der Waals surface area contributed by atoms with E-state index in [0.717, 1.165) is 16.3 Å². The largest absolute Gasteiger partial charge is 0.477 e. The van der Waals surface area contributed by atoms with Gasteiger partial charge in [0, 0.05) is 25.6 Å². The zero-order valence-corrected chi connectivity index (χ0v) is 24.0. The summed E-state index contributed by atoms with van der Waals surface area (Å²) < 4.78 is 34.4. The zero-order chi connectivity index (χ0) is 29.1. The number of ether oxygens (including phenoxy) is 1. The minimum absolute atomic E-state index is 0.0998. The van der Waals surface area contributed by atoms with Gasteiger partial charge in [-0.3, -0.25) is 9.59 Å². The lowest BCUT2D eigenvalue weighted by molar-refractivity contribution is -0.129. The molecule has 4 aromatic carbocycles. The lowest BCUT2D eigenvalue weighted by Crippen LogP contribution is -2.53. The van der Waals surface area contributed by atoms with Gasteiger partial charge in [0.1, 0.15) is 5.75 Å². The van der Waals surface area contributed by atoms with Crippen LogP contribution in [0.2, 0.25) is 0 Å². The summed E-state index contributed by atoms with van der Waals surface area (Å²) in [5.74, 6) is -0.261. The van der Waals surface area contributed by atoms with E-state index < -0.39 is 16.1 Å². The molecule has 216 valence electrons. The van der Waals surface area contributed by atoms with Crippen LogP contribution in [0, 0.1) is 5.92 Å². The van der Waals surface area contributed by atoms with Gasteiger partial charge in [-0.25, -0.2) is 8.42 Å². The van der Waals surface area contributed by atoms with Crippen molar-refractivity contribution in [2.24, 2.45) is 5.92 Å². The zero-order valence-electron chi connectivity index (χ0n) is 23.2. The second-order valence-corrected chi connectivity index (χ2v) is 12.7. The molecule has 1 atom stereocenters. The average molecular weight is 584 g/mol. The molecule has 2 heterocycles. The Hall–Kier alpha value is -4.21. The molecule has 1 fully saturated rings. The van der Waals surface area contributed by atoms with Gasteiger partial charge in [-0.15, -0.1) is 0 Å². The van der Waals surface area contributed by atoms with Gasteiger partial charge < -0.3 is 15.0 Å². The summed E-state index contributed by atoms with van der Waals surface area (Å²) in [7, 11) is -3.69. The van der Waals surface area contributed by atoms with E-state index in [1.807, 2.05) is 78.9 Å². The molecule has 0 aromatic heterocycles. The third-order valence-corrected chi connectivity index (χ3v) is 9.94. The molecule has 2 amide bonds. The van der Waals surface area contributed by atoms with Crippen molar-refractivity contribution in [1.29, 1.82) is 0 Å². The highest BCUT2D eigenvalue weighted by Crippen LogP contribution is 2.36. The average Bonchev–Trinajstić information content (AvgIpc) is 3.04. The molecular formula is C33H33N3O5S. The Labute approximate surface area is 245 Å². The molecule has 2 aliphatic heterocycles. The van der Waals surface area contributed by atoms with Crippen LogP contribution >= 0.6 is 0 Å². The monoisotopic (exact) mass is 583 g/mol. The molecule has 0 aliphatic carbocycles. The minimum Gasteiger partial charge on any atom is -0.477 e. The number of nitrogens with one attached hydrogen (secondary N) is 1. The molecule has 0 spiro atoms. The fourth-order valence-corrected chi connectivity index (χ4v) is 7.21. The van der Waals surface area contributed by atoms with Crippen molar-refractivity contribution in [2.75, 3.05) is 31.1 Å². The summed E-state index contributed by atoms with van der Waals surface area (Å²) in [6.45, 7) is 1.06. The summed E-state index contributed by atoms with van der Waals surface area (Å²) in [6.07, 6.45) is 0.658. The number of carbonyl (C=O) groups excluding carboxylic acids is 2. The number of carbonyl (C=O) groups is 2. The van der Waals surface area contributed by atoms with Crippen LogP contribution in [0.25, 0.3) is 10.8 Å². The summed E-state index contributed by atoms with van der Waals surface area (Å²) in [6, 6.07) is 30.0. The maximum Gasteiger partial charge on any atom is 0.262 e. The summed E-state index contributed by atoms with van der Waals surface area (Å²) in [4.78, 5) is 28.8. The van der Waals surface area contributed by atoms with Crippen molar-refractivity contribution in [1.82, 2.24) is 9.62 Å². The number of amides is 2. The van der Waals surface area contributed by atoms with Crippen molar-refractivity contribution >= 4 is 38.3 Å². The third kappa shape index (κ3) is 5.75. The molecule has 1 unspecified atom stereocenters. The molecule has 6 rings (SSSR count). The number of para-hydroxylation sites is 2. The second-order valence-electron chi connectivity index (χ2n) is 10.7. The predicted molar refractivity (Wildman–Crippen MR) is 162 cm³/mol. The van der Waals surface area contributed by atoms with E-state index in [1.54, 1.807) is 23.1 Å². The topological polar surface area (TPSA) is 96.0 Å². The molecule has 9 heteroatoms. The molecule has 0 saturated carbocycles. The van der Waals surface area contributed by atoms with E-state index in [0.29, 0.717) is 37.2 Å². The Bertz CT molecular complexity index is 1700. The van der Waals surface area contributed by atoms with Crippen molar-refractivity contribution in [2.45, 2.75) is 30.3 Å². The highest BCUT2D eigenvalue weighted by molar-refractivity contribution is 7.89.